The second-order valence-corrected chi connectivity index (χ2v) is 6.13. The smallest absolute Gasteiger partial charge is 0.422 e. The zero-order chi connectivity index (χ0) is 20.6. The molecule has 6 nitrogen and oxygen atoms in total. The van der Waals surface area contributed by atoms with Crippen molar-refractivity contribution in [3.05, 3.63) is 82.3 Å². The molecule has 2 aromatic heterocycles. The SMILES string of the molecule is O=C(Nc1n[nH]c(C(F)(F)F)c1-c1ccccc1)c1cc2ccccc2oc1=O. The molecule has 2 aromatic carbocycles. The lowest BCUT2D eigenvalue weighted by Gasteiger charge is -2.09. The van der Waals surface area contributed by atoms with Gasteiger partial charge in [0.1, 0.15) is 16.8 Å². The van der Waals surface area contributed by atoms with E-state index in [9.17, 15) is 22.8 Å². The molecule has 0 saturated carbocycles. The van der Waals surface area contributed by atoms with E-state index in [0.717, 1.165) is 0 Å². The van der Waals surface area contributed by atoms with E-state index in [4.69, 9.17) is 4.42 Å². The summed E-state index contributed by atoms with van der Waals surface area (Å²) in [5.74, 6) is -1.28. The fraction of sp³-hybridized carbons (Fsp3) is 0.0500. The van der Waals surface area contributed by atoms with Crippen LogP contribution >= 0.6 is 0 Å². The maximum Gasteiger partial charge on any atom is 0.433 e. The Balaban J connectivity index is 1.77. The van der Waals surface area contributed by atoms with Gasteiger partial charge in [-0.3, -0.25) is 9.89 Å². The van der Waals surface area contributed by atoms with Crippen molar-refractivity contribution in [1.82, 2.24) is 10.2 Å². The number of carbonyl (C=O) groups is 1. The van der Waals surface area contributed by atoms with Crippen molar-refractivity contribution in [2.75, 3.05) is 5.32 Å². The summed E-state index contributed by atoms with van der Waals surface area (Å²) in [6.45, 7) is 0. The summed E-state index contributed by atoms with van der Waals surface area (Å²) in [4.78, 5) is 24.8. The summed E-state index contributed by atoms with van der Waals surface area (Å²) in [7, 11) is 0. The molecule has 146 valence electrons. The highest BCUT2D eigenvalue weighted by Gasteiger charge is 2.38. The number of halogens is 3. The van der Waals surface area contributed by atoms with Crippen molar-refractivity contribution >= 4 is 22.7 Å². The lowest BCUT2D eigenvalue weighted by molar-refractivity contribution is -0.140. The van der Waals surface area contributed by atoms with Gasteiger partial charge in [0.15, 0.2) is 5.82 Å². The number of amides is 1. The standard InChI is InChI=1S/C20H12F3N3O3/c21-20(22,23)16-15(11-6-2-1-3-7-11)17(26-25-16)24-18(27)13-10-12-8-4-5-9-14(12)29-19(13)28/h1-10H,(H2,24,25,26,27). The molecule has 0 spiro atoms. The lowest BCUT2D eigenvalue weighted by Crippen LogP contribution is -2.21. The molecule has 4 rings (SSSR count). The quantitative estimate of drug-likeness (QED) is 0.498. The third kappa shape index (κ3) is 3.49. The number of hydrogen-bond donors (Lipinski definition) is 2. The van der Waals surface area contributed by atoms with E-state index in [1.807, 2.05) is 5.10 Å². The van der Waals surface area contributed by atoms with Crippen LogP contribution in [0, 0.1) is 0 Å². The number of benzene rings is 2. The molecular formula is C20H12F3N3O3. The number of nitrogens with zero attached hydrogens (tertiary/aromatic N) is 1. The van der Waals surface area contributed by atoms with Gasteiger partial charge in [0.2, 0.25) is 0 Å². The molecule has 2 heterocycles. The molecule has 4 aromatic rings. The molecule has 0 unspecified atom stereocenters. The number of para-hydroxylation sites is 1. The zero-order valence-corrected chi connectivity index (χ0v) is 14.6. The minimum atomic E-state index is -4.72. The van der Waals surface area contributed by atoms with Crippen LogP contribution in [0.4, 0.5) is 19.0 Å². The van der Waals surface area contributed by atoms with E-state index in [1.54, 1.807) is 42.5 Å². The molecule has 0 aliphatic rings. The topological polar surface area (TPSA) is 88.0 Å². The summed E-state index contributed by atoms with van der Waals surface area (Å²) in [5.41, 5.74) is -2.19. The highest BCUT2D eigenvalue weighted by molar-refractivity contribution is 6.06. The average molecular weight is 399 g/mol. The second-order valence-electron chi connectivity index (χ2n) is 6.13. The summed E-state index contributed by atoms with van der Waals surface area (Å²) in [5, 5.41) is 8.31. The van der Waals surface area contributed by atoms with Gasteiger partial charge in [-0.2, -0.15) is 18.3 Å². The number of H-pyrrole nitrogens is 1. The zero-order valence-electron chi connectivity index (χ0n) is 14.6. The maximum absolute atomic E-state index is 13.4. The van der Waals surface area contributed by atoms with E-state index in [2.05, 4.69) is 10.4 Å². The van der Waals surface area contributed by atoms with Crippen molar-refractivity contribution in [2.45, 2.75) is 6.18 Å². The van der Waals surface area contributed by atoms with Crippen LogP contribution in [0.15, 0.2) is 69.9 Å². The number of aromatic nitrogens is 2. The van der Waals surface area contributed by atoms with Gasteiger partial charge in [0, 0.05) is 5.39 Å². The highest BCUT2D eigenvalue weighted by atomic mass is 19.4. The van der Waals surface area contributed by atoms with Crippen LogP contribution in [0.5, 0.6) is 0 Å². The number of nitrogens with one attached hydrogen (secondary N) is 2. The lowest BCUT2D eigenvalue weighted by atomic mass is 10.0. The van der Waals surface area contributed by atoms with Gasteiger partial charge in [0.25, 0.3) is 5.91 Å². The van der Waals surface area contributed by atoms with Gasteiger partial charge in [-0.1, -0.05) is 48.5 Å². The first kappa shape index (κ1) is 18.5. The first-order valence-corrected chi connectivity index (χ1v) is 8.40. The van der Waals surface area contributed by atoms with Gasteiger partial charge < -0.3 is 9.73 Å². The Kier molecular flexibility index (Phi) is 4.42. The van der Waals surface area contributed by atoms with Crippen LogP contribution in [-0.4, -0.2) is 16.1 Å². The molecule has 0 radical (unpaired) electrons. The molecule has 1 amide bonds. The van der Waals surface area contributed by atoms with Gasteiger partial charge in [-0.15, -0.1) is 0 Å². The highest BCUT2D eigenvalue weighted by Crippen LogP contribution is 2.39. The van der Waals surface area contributed by atoms with Gasteiger partial charge >= 0.3 is 11.8 Å². The van der Waals surface area contributed by atoms with E-state index in [1.165, 1.54) is 18.2 Å². The molecule has 0 aliphatic carbocycles. The first-order valence-electron chi connectivity index (χ1n) is 8.40. The number of alkyl halides is 3. The molecule has 0 atom stereocenters. The number of carbonyl (C=O) groups excluding carboxylic acids is 1. The minimum absolute atomic E-state index is 0.203. The summed E-state index contributed by atoms with van der Waals surface area (Å²) in [6, 6.07) is 15.6. The Morgan fingerprint density at radius 2 is 1.72 bits per heavy atom. The van der Waals surface area contributed by atoms with Crippen molar-refractivity contribution < 1.29 is 22.4 Å². The molecule has 0 bridgehead atoms. The number of fused-ring (bicyclic) bond motifs is 1. The monoisotopic (exact) mass is 399 g/mol. The van der Waals surface area contributed by atoms with Crippen molar-refractivity contribution in [3.63, 3.8) is 0 Å². The molecule has 0 saturated heterocycles. The van der Waals surface area contributed by atoms with Crippen LogP contribution in [0.1, 0.15) is 16.1 Å². The van der Waals surface area contributed by atoms with Gasteiger partial charge in [-0.25, -0.2) is 4.79 Å². The Hall–Kier alpha value is -3.88. The van der Waals surface area contributed by atoms with E-state index >= 15 is 0 Å². The van der Waals surface area contributed by atoms with Crippen LogP contribution in [0.3, 0.4) is 0 Å². The number of hydrogen-bond acceptors (Lipinski definition) is 4. The summed E-state index contributed by atoms with van der Waals surface area (Å²) in [6.07, 6.45) is -4.72. The molecular weight excluding hydrogens is 387 g/mol. The largest absolute Gasteiger partial charge is 0.433 e. The number of rotatable bonds is 3. The molecule has 0 aliphatic heterocycles. The van der Waals surface area contributed by atoms with Gasteiger partial charge in [0.05, 0.1) is 5.56 Å². The van der Waals surface area contributed by atoms with Crippen LogP contribution < -0.4 is 10.9 Å². The van der Waals surface area contributed by atoms with E-state index < -0.39 is 23.4 Å². The predicted molar refractivity (Wildman–Crippen MR) is 99.5 cm³/mol. The van der Waals surface area contributed by atoms with Crippen molar-refractivity contribution in [1.29, 1.82) is 0 Å². The third-order valence-electron chi connectivity index (χ3n) is 4.23. The van der Waals surface area contributed by atoms with Crippen LogP contribution in [0.25, 0.3) is 22.1 Å². The Morgan fingerprint density at radius 3 is 2.45 bits per heavy atom. The van der Waals surface area contributed by atoms with E-state index in [-0.39, 0.29) is 28.1 Å². The van der Waals surface area contributed by atoms with Crippen LogP contribution in [-0.2, 0) is 6.18 Å². The minimum Gasteiger partial charge on any atom is -0.422 e. The second kappa shape index (κ2) is 6.93. The Bertz CT molecular complexity index is 1260. The van der Waals surface area contributed by atoms with Crippen molar-refractivity contribution in [3.8, 4) is 11.1 Å². The number of anilines is 1. The maximum atomic E-state index is 13.4. The predicted octanol–water partition coefficient (Wildman–Crippen LogP) is 4.45. The fourth-order valence-corrected chi connectivity index (χ4v) is 2.92. The Labute approximate surface area is 161 Å². The Morgan fingerprint density at radius 1 is 1.03 bits per heavy atom. The number of aromatic amines is 1. The fourth-order valence-electron chi connectivity index (χ4n) is 2.92. The molecule has 0 fully saturated rings. The first-order chi connectivity index (χ1) is 13.8. The van der Waals surface area contributed by atoms with Gasteiger partial charge in [-0.05, 0) is 17.7 Å². The van der Waals surface area contributed by atoms with E-state index in [0.29, 0.717) is 5.39 Å². The third-order valence-corrected chi connectivity index (χ3v) is 4.23. The average Bonchev–Trinajstić information content (AvgIpc) is 3.12. The molecule has 2 N–H and O–H groups in total. The van der Waals surface area contributed by atoms with Crippen LogP contribution in [0.2, 0.25) is 0 Å². The molecule has 29 heavy (non-hydrogen) atoms. The molecule has 9 heteroatoms. The normalized spacial score (nSPS) is 11.6. The van der Waals surface area contributed by atoms with Crippen molar-refractivity contribution in [2.24, 2.45) is 0 Å². The summed E-state index contributed by atoms with van der Waals surface area (Å²) >= 11 is 0. The summed E-state index contributed by atoms with van der Waals surface area (Å²) < 4.78 is 45.3.